The number of hydrogen-bond donors (Lipinski definition) is 1. The molecule has 1 amide bonds. The number of ether oxygens (including phenoxy) is 2. The summed E-state index contributed by atoms with van der Waals surface area (Å²) in [5, 5.41) is 7.14. The van der Waals surface area contributed by atoms with Gasteiger partial charge in [-0.05, 0) is 48.4 Å². The summed E-state index contributed by atoms with van der Waals surface area (Å²) < 4.78 is 11.8. The number of hydrogen-bond acceptors (Lipinski definition) is 6. The molecule has 2 heterocycles. The van der Waals surface area contributed by atoms with Gasteiger partial charge in [0.2, 0.25) is 5.91 Å². The van der Waals surface area contributed by atoms with Crippen LogP contribution in [-0.2, 0) is 17.8 Å². The summed E-state index contributed by atoms with van der Waals surface area (Å²) in [6.45, 7) is 0.288. The number of nitrogens with zero attached hydrogens (tertiary/aromatic N) is 3. The molecule has 0 aliphatic rings. The van der Waals surface area contributed by atoms with E-state index in [1.165, 1.54) is 6.07 Å². The van der Waals surface area contributed by atoms with Crippen molar-refractivity contribution in [3.05, 3.63) is 70.8 Å². The SMILES string of the molecule is COc1ccc(OC)c(-c2ccc(=O)n(CC(=O)NCCc3ccncc3)n2)c1. The highest BCUT2D eigenvalue weighted by Gasteiger charge is 2.12. The minimum Gasteiger partial charge on any atom is -0.497 e. The van der Waals surface area contributed by atoms with E-state index in [2.05, 4.69) is 15.4 Å². The first-order valence-corrected chi connectivity index (χ1v) is 9.07. The van der Waals surface area contributed by atoms with Gasteiger partial charge < -0.3 is 14.8 Å². The van der Waals surface area contributed by atoms with E-state index in [4.69, 9.17) is 9.47 Å². The number of carbonyl (C=O) groups excluding carboxylic acids is 1. The van der Waals surface area contributed by atoms with E-state index in [0.717, 1.165) is 10.2 Å². The van der Waals surface area contributed by atoms with Gasteiger partial charge in [0.05, 0.1) is 19.9 Å². The predicted octanol–water partition coefficient (Wildman–Crippen LogP) is 1.68. The van der Waals surface area contributed by atoms with E-state index < -0.39 is 0 Å². The van der Waals surface area contributed by atoms with Crippen LogP contribution in [0.15, 0.2) is 59.7 Å². The molecular formula is C21H22N4O4. The van der Waals surface area contributed by atoms with Gasteiger partial charge in [-0.3, -0.25) is 14.6 Å². The van der Waals surface area contributed by atoms with Gasteiger partial charge in [0.25, 0.3) is 5.56 Å². The van der Waals surface area contributed by atoms with Crippen LogP contribution >= 0.6 is 0 Å². The molecule has 3 rings (SSSR count). The fourth-order valence-corrected chi connectivity index (χ4v) is 2.81. The van der Waals surface area contributed by atoms with Crippen molar-refractivity contribution in [3.63, 3.8) is 0 Å². The number of aromatic nitrogens is 3. The first kappa shape index (κ1) is 20.1. The number of carbonyl (C=O) groups is 1. The molecule has 0 radical (unpaired) electrons. The zero-order valence-electron chi connectivity index (χ0n) is 16.3. The zero-order valence-corrected chi connectivity index (χ0v) is 16.3. The van der Waals surface area contributed by atoms with E-state index in [1.807, 2.05) is 12.1 Å². The van der Waals surface area contributed by atoms with Crippen LogP contribution in [0.5, 0.6) is 11.5 Å². The first-order valence-electron chi connectivity index (χ1n) is 9.07. The minimum atomic E-state index is -0.361. The van der Waals surface area contributed by atoms with Gasteiger partial charge in [-0.15, -0.1) is 0 Å². The molecule has 0 bridgehead atoms. The standard InChI is InChI=1S/C21H22N4O4/c1-28-16-3-5-19(29-2)17(13-16)18-4-6-21(27)25(24-18)14-20(26)23-12-9-15-7-10-22-11-8-15/h3-8,10-11,13H,9,12,14H2,1-2H3,(H,23,26). The van der Waals surface area contributed by atoms with Crippen LogP contribution in [0.2, 0.25) is 0 Å². The topological polar surface area (TPSA) is 95.3 Å². The lowest BCUT2D eigenvalue weighted by atomic mass is 10.1. The van der Waals surface area contributed by atoms with Crippen LogP contribution in [-0.4, -0.2) is 41.4 Å². The van der Waals surface area contributed by atoms with Crippen molar-refractivity contribution in [3.8, 4) is 22.8 Å². The lowest BCUT2D eigenvalue weighted by Crippen LogP contribution is -2.34. The lowest BCUT2D eigenvalue weighted by molar-refractivity contribution is -0.121. The fourth-order valence-electron chi connectivity index (χ4n) is 2.81. The molecule has 2 aromatic heterocycles. The van der Waals surface area contributed by atoms with Gasteiger partial charge >= 0.3 is 0 Å². The molecule has 0 saturated heterocycles. The van der Waals surface area contributed by atoms with Crippen molar-refractivity contribution in [2.24, 2.45) is 0 Å². The van der Waals surface area contributed by atoms with E-state index in [9.17, 15) is 9.59 Å². The molecule has 150 valence electrons. The van der Waals surface area contributed by atoms with Crippen LogP contribution in [0.4, 0.5) is 0 Å². The van der Waals surface area contributed by atoms with E-state index in [1.54, 1.807) is 50.9 Å². The average Bonchev–Trinajstić information content (AvgIpc) is 2.75. The van der Waals surface area contributed by atoms with Crippen molar-refractivity contribution < 1.29 is 14.3 Å². The molecule has 0 saturated carbocycles. The highest BCUT2D eigenvalue weighted by Crippen LogP contribution is 2.31. The van der Waals surface area contributed by atoms with Crippen molar-refractivity contribution in [1.29, 1.82) is 0 Å². The molecule has 8 heteroatoms. The molecule has 0 atom stereocenters. The Bertz CT molecular complexity index is 1030. The summed E-state index contributed by atoms with van der Waals surface area (Å²) in [5.74, 6) is 0.933. The summed E-state index contributed by atoms with van der Waals surface area (Å²) in [7, 11) is 3.12. The molecule has 3 aromatic rings. The predicted molar refractivity (Wildman–Crippen MR) is 108 cm³/mol. The smallest absolute Gasteiger partial charge is 0.267 e. The van der Waals surface area contributed by atoms with Crippen LogP contribution < -0.4 is 20.3 Å². The zero-order chi connectivity index (χ0) is 20.6. The second-order valence-electron chi connectivity index (χ2n) is 6.24. The number of pyridine rings is 1. The molecular weight excluding hydrogens is 372 g/mol. The van der Waals surface area contributed by atoms with Crippen LogP contribution in [0.3, 0.4) is 0 Å². The first-order chi connectivity index (χ1) is 14.1. The molecule has 0 unspecified atom stereocenters. The lowest BCUT2D eigenvalue weighted by Gasteiger charge is -2.12. The minimum absolute atomic E-state index is 0.171. The molecule has 29 heavy (non-hydrogen) atoms. The maximum absolute atomic E-state index is 12.3. The van der Waals surface area contributed by atoms with Crippen LogP contribution in [0.1, 0.15) is 5.56 Å². The van der Waals surface area contributed by atoms with Gasteiger partial charge in [-0.25, -0.2) is 4.68 Å². The van der Waals surface area contributed by atoms with Crippen molar-refractivity contribution in [2.75, 3.05) is 20.8 Å². The number of amides is 1. The van der Waals surface area contributed by atoms with Gasteiger partial charge in [0.1, 0.15) is 18.0 Å². The summed E-state index contributed by atoms with van der Waals surface area (Å²) in [4.78, 5) is 28.4. The normalized spacial score (nSPS) is 10.4. The number of benzene rings is 1. The third-order valence-corrected chi connectivity index (χ3v) is 4.33. The molecule has 1 aromatic carbocycles. The highest BCUT2D eigenvalue weighted by molar-refractivity contribution is 5.75. The number of nitrogens with one attached hydrogen (secondary N) is 1. The number of rotatable bonds is 8. The molecule has 0 fully saturated rings. The quantitative estimate of drug-likeness (QED) is 0.625. The van der Waals surface area contributed by atoms with Crippen LogP contribution in [0.25, 0.3) is 11.3 Å². The Labute approximate surface area is 168 Å². The van der Waals surface area contributed by atoms with Crippen molar-refractivity contribution in [1.82, 2.24) is 20.1 Å². The van der Waals surface area contributed by atoms with Crippen molar-refractivity contribution >= 4 is 5.91 Å². The third-order valence-electron chi connectivity index (χ3n) is 4.33. The molecule has 8 nitrogen and oxygen atoms in total. The molecule has 0 aliphatic carbocycles. The van der Waals surface area contributed by atoms with E-state index >= 15 is 0 Å². The maximum atomic E-state index is 12.3. The Kier molecular flexibility index (Phi) is 6.57. The Morgan fingerprint density at radius 1 is 1.07 bits per heavy atom. The number of methoxy groups -OCH3 is 2. The van der Waals surface area contributed by atoms with Crippen molar-refractivity contribution in [2.45, 2.75) is 13.0 Å². The summed E-state index contributed by atoms with van der Waals surface area (Å²) in [6, 6.07) is 12.1. The Morgan fingerprint density at radius 3 is 2.59 bits per heavy atom. The molecule has 0 aliphatic heterocycles. The largest absolute Gasteiger partial charge is 0.497 e. The van der Waals surface area contributed by atoms with Gasteiger partial charge in [-0.1, -0.05) is 0 Å². The molecule has 1 N–H and O–H groups in total. The second kappa shape index (κ2) is 9.50. The van der Waals surface area contributed by atoms with Gasteiger partial charge in [-0.2, -0.15) is 5.10 Å². The summed E-state index contributed by atoms with van der Waals surface area (Å²) in [6.07, 6.45) is 4.09. The Balaban J connectivity index is 1.72. The van der Waals surface area contributed by atoms with Crippen LogP contribution in [0, 0.1) is 0 Å². The summed E-state index contributed by atoms with van der Waals surface area (Å²) >= 11 is 0. The Morgan fingerprint density at radius 2 is 1.86 bits per heavy atom. The molecule has 0 spiro atoms. The van der Waals surface area contributed by atoms with E-state index in [0.29, 0.717) is 35.7 Å². The van der Waals surface area contributed by atoms with Gasteiger partial charge in [0, 0.05) is 30.6 Å². The second-order valence-corrected chi connectivity index (χ2v) is 6.24. The summed E-state index contributed by atoms with van der Waals surface area (Å²) in [5.41, 5.74) is 1.88. The maximum Gasteiger partial charge on any atom is 0.267 e. The van der Waals surface area contributed by atoms with E-state index in [-0.39, 0.29) is 18.0 Å². The average molecular weight is 394 g/mol. The van der Waals surface area contributed by atoms with Gasteiger partial charge in [0.15, 0.2) is 0 Å². The fraction of sp³-hybridized carbons (Fsp3) is 0.238. The highest BCUT2D eigenvalue weighted by atomic mass is 16.5. The monoisotopic (exact) mass is 394 g/mol. The Hall–Kier alpha value is -3.68. The third kappa shape index (κ3) is 5.19.